The van der Waals surface area contributed by atoms with Crippen molar-refractivity contribution in [3.63, 3.8) is 0 Å². The zero-order chi connectivity index (χ0) is 20.4. The van der Waals surface area contributed by atoms with Gasteiger partial charge in [0.05, 0.1) is 23.1 Å². The Morgan fingerprint density at radius 2 is 1.93 bits per heavy atom. The van der Waals surface area contributed by atoms with E-state index < -0.39 is 11.2 Å². The normalized spacial score (nSPS) is 15.1. The van der Waals surface area contributed by atoms with Gasteiger partial charge < -0.3 is 9.42 Å². The summed E-state index contributed by atoms with van der Waals surface area (Å²) < 4.78 is 6.71. The van der Waals surface area contributed by atoms with Crippen molar-refractivity contribution in [1.82, 2.24) is 24.5 Å². The number of hydrogen-bond acceptors (Lipinski definition) is 6. The smallest absolute Gasteiger partial charge is 0.328 e. The maximum Gasteiger partial charge on any atom is 0.328 e. The summed E-state index contributed by atoms with van der Waals surface area (Å²) in [6.07, 6.45) is 0.206. The van der Waals surface area contributed by atoms with Crippen molar-refractivity contribution in [2.75, 3.05) is 26.2 Å². The molecular weight excluding hydrogens is 374 g/mol. The van der Waals surface area contributed by atoms with Gasteiger partial charge in [-0.25, -0.2) is 4.79 Å². The van der Waals surface area contributed by atoms with E-state index in [1.165, 1.54) is 4.57 Å². The van der Waals surface area contributed by atoms with Crippen molar-refractivity contribution in [1.29, 1.82) is 0 Å². The average molecular weight is 397 g/mol. The highest BCUT2D eigenvalue weighted by atomic mass is 16.5. The Balaban J connectivity index is 1.36. The van der Waals surface area contributed by atoms with Gasteiger partial charge in [-0.15, -0.1) is 0 Å². The lowest BCUT2D eigenvalue weighted by atomic mass is 10.2. The number of hydrogen-bond donors (Lipinski definition) is 1. The minimum atomic E-state index is -0.492. The van der Waals surface area contributed by atoms with Crippen LogP contribution in [0.25, 0.3) is 10.9 Å². The van der Waals surface area contributed by atoms with Crippen molar-refractivity contribution >= 4 is 16.8 Å². The molecule has 1 fully saturated rings. The second-order valence-corrected chi connectivity index (χ2v) is 7.27. The monoisotopic (exact) mass is 397 g/mol. The van der Waals surface area contributed by atoms with E-state index in [1.807, 2.05) is 17.9 Å². The Morgan fingerprint density at radius 1 is 1.17 bits per heavy atom. The van der Waals surface area contributed by atoms with E-state index in [4.69, 9.17) is 4.52 Å². The zero-order valence-corrected chi connectivity index (χ0v) is 16.3. The molecule has 2 aromatic heterocycles. The molecule has 4 rings (SSSR count). The molecule has 0 bridgehead atoms. The molecule has 0 aliphatic carbocycles. The lowest BCUT2D eigenvalue weighted by Gasteiger charge is -2.34. The fourth-order valence-electron chi connectivity index (χ4n) is 3.70. The lowest BCUT2D eigenvalue weighted by molar-refractivity contribution is -0.133. The number of H-pyrrole nitrogens is 1. The number of nitrogens with one attached hydrogen (secondary N) is 1. The van der Waals surface area contributed by atoms with Crippen molar-refractivity contribution in [2.45, 2.75) is 26.4 Å². The summed E-state index contributed by atoms with van der Waals surface area (Å²) >= 11 is 0. The number of benzene rings is 1. The summed E-state index contributed by atoms with van der Waals surface area (Å²) in [5.74, 6) is 0.828. The largest absolute Gasteiger partial charge is 0.360 e. The third kappa shape index (κ3) is 4.14. The Morgan fingerprint density at radius 3 is 2.66 bits per heavy atom. The number of aryl methyl sites for hydroxylation is 2. The van der Waals surface area contributed by atoms with Crippen LogP contribution in [0, 0.1) is 6.92 Å². The molecular formula is C20H23N5O4. The van der Waals surface area contributed by atoms with Gasteiger partial charge in [-0.3, -0.25) is 24.0 Å². The van der Waals surface area contributed by atoms with E-state index >= 15 is 0 Å². The van der Waals surface area contributed by atoms with Crippen LogP contribution in [0.4, 0.5) is 0 Å². The molecule has 1 aliphatic rings. The number of carbonyl (C=O) groups excluding carboxylic acids is 1. The van der Waals surface area contributed by atoms with E-state index in [0.717, 1.165) is 24.5 Å². The van der Waals surface area contributed by atoms with Gasteiger partial charge in [-0.2, -0.15) is 0 Å². The first-order chi connectivity index (χ1) is 14.0. The summed E-state index contributed by atoms with van der Waals surface area (Å²) in [6.45, 7) is 5.58. The Hall–Kier alpha value is -3.20. The number of fused-ring (bicyclic) bond motifs is 1. The van der Waals surface area contributed by atoms with Gasteiger partial charge in [-0.1, -0.05) is 17.3 Å². The van der Waals surface area contributed by atoms with Crippen molar-refractivity contribution in [3.8, 4) is 0 Å². The first-order valence-corrected chi connectivity index (χ1v) is 9.65. The number of rotatable bonds is 5. The van der Waals surface area contributed by atoms with Gasteiger partial charge in [0.25, 0.3) is 5.56 Å². The molecule has 9 nitrogen and oxygen atoms in total. The summed E-state index contributed by atoms with van der Waals surface area (Å²) in [5, 5.41) is 4.34. The van der Waals surface area contributed by atoms with Crippen LogP contribution in [-0.2, 0) is 17.9 Å². The van der Waals surface area contributed by atoms with E-state index in [1.54, 1.807) is 24.3 Å². The van der Waals surface area contributed by atoms with E-state index in [9.17, 15) is 14.4 Å². The number of aromatic nitrogens is 3. The molecule has 1 aliphatic heterocycles. The standard InChI is InChI=1S/C20H23N5O4/c1-14-12-15(29-22-14)13-23-8-10-24(11-9-23)18(26)6-7-25-17-5-3-2-4-16(17)19(27)21-20(25)28/h2-5,12H,6-11,13H2,1H3,(H,21,27,28). The van der Waals surface area contributed by atoms with Gasteiger partial charge in [0, 0.05) is 45.2 Å². The first kappa shape index (κ1) is 19.1. The molecule has 0 radical (unpaired) electrons. The molecule has 3 heterocycles. The van der Waals surface area contributed by atoms with Crippen LogP contribution in [-0.4, -0.2) is 56.6 Å². The lowest BCUT2D eigenvalue weighted by Crippen LogP contribution is -2.48. The number of piperazine rings is 1. The Labute approximate surface area is 166 Å². The second kappa shape index (κ2) is 8.04. The number of carbonyl (C=O) groups is 1. The third-order valence-electron chi connectivity index (χ3n) is 5.24. The molecule has 1 saturated heterocycles. The maximum atomic E-state index is 12.6. The molecule has 9 heteroatoms. The van der Waals surface area contributed by atoms with Crippen LogP contribution in [0.2, 0.25) is 0 Å². The molecule has 1 aromatic carbocycles. The van der Waals surface area contributed by atoms with Gasteiger partial charge in [0.2, 0.25) is 5.91 Å². The predicted molar refractivity (Wildman–Crippen MR) is 107 cm³/mol. The fourth-order valence-corrected chi connectivity index (χ4v) is 3.70. The van der Waals surface area contributed by atoms with Gasteiger partial charge >= 0.3 is 5.69 Å². The molecule has 0 spiro atoms. The second-order valence-electron chi connectivity index (χ2n) is 7.27. The van der Waals surface area contributed by atoms with Gasteiger partial charge in [0.1, 0.15) is 0 Å². The van der Waals surface area contributed by atoms with Crippen LogP contribution in [0.5, 0.6) is 0 Å². The van der Waals surface area contributed by atoms with Crippen LogP contribution in [0.15, 0.2) is 44.4 Å². The average Bonchev–Trinajstić information content (AvgIpc) is 3.13. The molecule has 29 heavy (non-hydrogen) atoms. The van der Waals surface area contributed by atoms with Crippen LogP contribution in [0.1, 0.15) is 17.9 Å². The van der Waals surface area contributed by atoms with E-state index in [-0.39, 0.29) is 18.9 Å². The molecule has 1 amide bonds. The highest BCUT2D eigenvalue weighted by Crippen LogP contribution is 2.12. The fraction of sp³-hybridized carbons (Fsp3) is 0.400. The van der Waals surface area contributed by atoms with Gasteiger partial charge in [0.15, 0.2) is 5.76 Å². The first-order valence-electron chi connectivity index (χ1n) is 9.65. The van der Waals surface area contributed by atoms with E-state index in [2.05, 4.69) is 15.0 Å². The number of amides is 1. The van der Waals surface area contributed by atoms with Crippen molar-refractivity contribution < 1.29 is 9.32 Å². The van der Waals surface area contributed by atoms with Crippen molar-refractivity contribution in [3.05, 3.63) is 62.6 Å². The minimum Gasteiger partial charge on any atom is -0.360 e. The quantitative estimate of drug-likeness (QED) is 0.680. The van der Waals surface area contributed by atoms with Gasteiger partial charge in [-0.05, 0) is 19.1 Å². The number of aromatic amines is 1. The topological polar surface area (TPSA) is 104 Å². The molecule has 3 aromatic rings. The summed E-state index contributed by atoms with van der Waals surface area (Å²) in [6, 6.07) is 8.83. The molecule has 0 unspecified atom stereocenters. The Bertz CT molecular complexity index is 1140. The van der Waals surface area contributed by atoms with Crippen molar-refractivity contribution in [2.24, 2.45) is 0 Å². The number of nitrogens with zero attached hydrogens (tertiary/aromatic N) is 4. The summed E-state index contributed by atoms with van der Waals surface area (Å²) in [5.41, 5.74) is 0.500. The summed E-state index contributed by atoms with van der Waals surface area (Å²) in [4.78, 5) is 43.2. The van der Waals surface area contributed by atoms with Crippen LogP contribution < -0.4 is 11.2 Å². The molecule has 1 N–H and O–H groups in total. The highest BCUT2D eigenvalue weighted by Gasteiger charge is 2.22. The Kier molecular flexibility index (Phi) is 5.30. The third-order valence-corrected chi connectivity index (χ3v) is 5.24. The van der Waals surface area contributed by atoms with E-state index in [0.29, 0.717) is 30.5 Å². The van der Waals surface area contributed by atoms with Crippen LogP contribution >= 0.6 is 0 Å². The molecule has 0 saturated carbocycles. The minimum absolute atomic E-state index is 0.00217. The SMILES string of the molecule is Cc1cc(CN2CCN(C(=O)CCn3c(=O)[nH]c(=O)c4ccccc43)CC2)on1. The zero-order valence-electron chi connectivity index (χ0n) is 16.3. The highest BCUT2D eigenvalue weighted by molar-refractivity contribution is 5.79. The van der Waals surface area contributed by atoms with Crippen LogP contribution in [0.3, 0.4) is 0 Å². The predicted octanol–water partition coefficient (Wildman–Crippen LogP) is 0.721. The maximum absolute atomic E-state index is 12.6. The molecule has 0 atom stereocenters. The number of para-hydroxylation sites is 1. The summed E-state index contributed by atoms with van der Waals surface area (Å²) in [7, 11) is 0. The molecule has 152 valence electrons.